The summed E-state index contributed by atoms with van der Waals surface area (Å²) in [6.45, 7) is 0. The molecule has 0 unspecified atom stereocenters. The van der Waals surface area contributed by atoms with Crippen molar-refractivity contribution in [3.05, 3.63) is 53.6 Å². The van der Waals surface area contributed by atoms with Crippen molar-refractivity contribution in [2.75, 3.05) is 21.3 Å². The van der Waals surface area contributed by atoms with Gasteiger partial charge in [-0.15, -0.1) is 0 Å². The van der Waals surface area contributed by atoms with E-state index in [9.17, 15) is 9.90 Å². The molecule has 0 aromatic heterocycles. The maximum absolute atomic E-state index is 11.8. The fourth-order valence-electron chi connectivity index (χ4n) is 2.08. The summed E-state index contributed by atoms with van der Waals surface area (Å²) in [5.41, 5.74) is 3.82. The first kappa shape index (κ1) is 18.9. The van der Waals surface area contributed by atoms with E-state index in [0.717, 1.165) is 0 Å². The smallest absolute Gasteiger partial charge is 0.264 e. The Morgan fingerprint density at radius 3 is 2.31 bits per heavy atom. The largest absolute Gasteiger partial charge is 0.504 e. The second-order valence-corrected chi connectivity index (χ2v) is 5.14. The molecule has 2 aromatic rings. The van der Waals surface area contributed by atoms with Gasteiger partial charge in [-0.25, -0.2) is 5.43 Å². The molecule has 0 bridgehead atoms. The molecule has 2 aromatic carbocycles. The van der Waals surface area contributed by atoms with E-state index in [1.54, 1.807) is 50.6 Å². The van der Waals surface area contributed by atoms with E-state index < -0.39 is 5.91 Å². The Labute approximate surface area is 151 Å². The van der Waals surface area contributed by atoms with Gasteiger partial charge in [0.25, 0.3) is 5.91 Å². The second-order valence-electron chi connectivity index (χ2n) is 5.14. The Bertz CT molecular complexity index is 808. The van der Waals surface area contributed by atoms with Gasteiger partial charge in [0.2, 0.25) is 0 Å². The average molecular weight is 356 g/mol. The van der Waals surface area contributed by atoms with Crippen LogP contribution in [0.2, 0.25) is 0 Å². The lowest BCUT2D eigenvalue weighted by atomic mass is 10.2. The molecule has 7 nitrogen and oxygen atoms in total. The number of hydrogen-bond acceptors (Lipinski definition) is 6. The van der Waals surface area contributed by atoms with Crippen LogP contribution in [0.5, 0.6) is 23.0 Å². The molecule has 26 heavy (non-hydrogen) atoms. The van der Waals surface area contributed by atoms with Crippen molar-refractivity contribution in [3.63, 3.8) is 0 Å². The topological polar surface area (TPSA) is 89.4 Å². The number of amides is 1. The zero-order chi connectivity index (χ0) is 18.9. The van der Waals surface area contributed by atoms with E-state index in [4.69, 9.17) is 14.2 Å². The van der Waals surface area contributed by atoms with E-state index in [1.807, 2.05) is 0 Å². The Morgan fingerprint density at radius 1 is 1.00 bits per heavy atom. The molecular weight excluding hydrogens is 336 g/mol. The summed E-state index contributed by atoms with van der Waals surface area (Å²) in [6.07, 6.45) is 4.40. The molecule has 0 saturated heterocycles. The highest BCUT2D eigenvalue weighted by Crippen LogP contribution is 2.26. The van der Waals surface area contributed by atoms with Crippen LogP contribution in [0.1, 0.15) is 11.1 Å². The van der Waals surface area contributed by atoms with Crippen LogP contribution in [0.3, 0.4) is 0 Å². The molecule has 7 heteroatoms. The Balaban J connectivity index is 1.99. The van der Waals surface area contributed by atoms with Gasteiger partial charge < -0.3 is 19.3 Å². The van der Waals surface area contributed by atoms with Crippen LogP contribution >= 0.6 is 0 Å². The van der Waals surface area contributed by atoms with Gasteiger partial charge in [0.1, 0.15) is 11.5 Å². The van der Waals surface area contributed by atoms with Crippen molar-refractivity contribution >= 4 is 18.2 Å². The van der Waals surface area contributed by atoms with Crippen LogP contribution in [-0.2, 0) is 4.79 Å². The van der Waals surface area contributed by atoms with Crippen molar-refractivity contribution in [2.45, 2.75) is 0 Å². The highest BCUT2D eigenvalue weighted by atomic mass is 16.5. The number of hydrazone groups is 1. The number of rotatable bonds is 7. The van der Waals surface area contributed by atoms with Crippen LogP contribution in [0.15, 0.2) is 47.6 Å². The minimum atomic E-state index is -0.400. The third-order valence-electron chi connectivity index (χ3n) is 3.39. The summed E-state index contributed by atoms with van der Waals surface area (Å²) >= 11 is 0. The monoisotopic (exact) mass is 356 g/mol. The molecular formula is C19H20N2O5. The van der Waals surface area contributed by atoms with Crippen LogP contribution < -0.4 is 19.6 Å². The maximum Gasteiger partial charge on any atom is 0.264 e. The van der Waals surface area contributed by atoms with E-state index in [0.29, 0.717) is 28.4 Å². The molecule has 0 fully saturated rings. The average Bonchev–Trinajstić information content (AvgIpc) is 2.66. The highest BCUT2D eigenvalue weighted by Gasteiger charge is 2.02. The molecule has 2 rings (SSSR count). The van der Waals surface area contributed by atoms with Crippen LogP contribution in [0.25, 0.3) is 6.08 Å². The van der Waals surface area contributed by atoms with E-state index in [-0.39, 0.29) is 5.75 Å². The second kappa shape index (κ2) is 9.12. The first-order valence-corrected chi connectivity index (χ1v) is 7.67. The summed E-state index contributed by atoms with van der Waals surface area (Å²) in [5.74, 6) is 1.21. The van der Waals surface area contributed by atoms with E-state index >= 15 is 0 Å². The number of nitrogens with one attached hydrogen (secondary N) is 1. The standard InChI is InChI=1S/C19H20N2O5/c1-24-15-8-14(9-16(11-15)25-2)12-20-21-19(23)7-5-13-4-6-17(22)18(10-13)26-3/h4-12,22H,1-3H3,(H,21,23)/b7-5+,20-12+. The molecule has 0 spiro atoms. The Hall–Kier alpha value is -3.48. The van der Waals surface area contributed by atoms with Gasteiger partial charge >= 0.3 is 0 Å². The third-order valence-corrected chi connectivity index (χ3v) is 3.39. The first-order valence-electron chi connectivity index (χ1n) is 7.67. The molecule has 0 aliphatic rings. The van der Waals surface area contributed by atoms with Gasteiger partial charge in [-0.1, -0.05) is 6.07 Å². The number of ether oxygens (including phenoxy) is 3. The zero-order valence-electron chi connectivity index (χ0n) is 14.7. The van der Waals surface area contributed by atoms with Crippen molar-refractivity contribution in [3.8, 4) is 23.0 Å². The van der Waals surface area contributed by atoms with Gasteiger partial charge in [-0.2, -0.15) is 5.10 Å². The highest BCUT2D eigenvalue weighted by molar-refractivity contribution is 5.92. The number of phenols is 1. The molecule has 2 N–H and O–H groups in total. The minimum Gasteiger partial charge on any atom is -0.504 e. The minimum absolute atomic E-state index is 0.0346. The number of methoxy groups -OCH3 is 3. The van der Waals surface area contributed by atoms with Crippen molar-refractivity contribution < 1.29 is 24.1 Å². The van der Waals surface area contributed by atoms with E-state index in [2.05, 4.69) is 10.5 Å². The fourth-order valence-corrected chi connectivity index (χ4v) is 2.08. The lowest BCUT2D eigenvalue weighted by Crippen LogP contribution is -2.14. The Morgan fingerprint density at radius 2 is 1.69 bits per heavy atom. The molecule has 136 valence electrons. The summed E-state index contributed by atoms with van der Waals surface area (Å²) in [5, 5.41) is 13.4. The van der Waals surface area contributed by atoms with Gasteiger partial charge in [-0.05, 0) is 35.9 Å². The summed E-state index contributed by atoms with van der Waals surface area (Å²) in [7, 11) is 4.57. The number of phenolic OH excluding ortho intramolecular Hbond substituents is 1. The molecule has 0 aliphatic heterocycles. The van der Waals surface area contributed by atoms with Gasteiger partial charge in [0.05, 0.1) is 27.5 Å². The summed E-state index contributed by atoms with van der Waals surface area (Å²) in [6, 6.07) is 10.0. The number of hydrogen-bond donors (Lipinski definition) is 2. The maximum atomic E-state index is 11.8. The van der Waals surface area contributed by atoms with Crippen molar-refractivity contribution in [2.24, 2.45) is 5.10 Å². The molecule has 0 radical (unpaired) electrons. The van der Waals surface area contributed by atoms with Crippen LogP contribution in [-0.4, -0.2) is 38.6 Å². The van der Waals surface area contributed by atoms with Gasteiger partial charge in [0.15, 0.2) is 11.5 Å². The van der Waals surface area contributed by atoms with Gasteiger partial charge in [-0.3, -0.25) is 4.79 Å². The summed E-state index contributed by atoms with van der Waals surface area (Å²) in [4.78, 5) is 11.8. The fraction of sp³-hybridized carbons (Fsp3) is 0.158. The number of nitrogens with zero attached hydrogens (tertiary/aromatic N) is 1. The number of benzene rings is 2. The first-order chi connectivity index (χ1) is 12.5. The van der Waals surface area contributed by atoms with Crippen molar-refractivity contribution in [1.29, 1.82) is 0 Å². The van der Waals surface area contributed by atoms with Crippen molar-refractivity contribution in [1.82, 2.24) is 5.43 Å². The van der Waals surface area contributed by atoms with Gasteiger partial charge in [0, 0.05) is 17.7 Å². The lowest BCUT2D eigenvalue weighted by molar-refractivity contribution is -0.116. The SMILES string of the molecule is COc1cc(/C=N/NC(=O)/C=C/c2ccc(O)c(OC)c2)cc(OC)c1. The summed E-state index contributed by atoms with van der Waals surface area (Å²) < 4.78 is 15.4. The van der Waals surface area contributed by atoms with Crippen LogP contribution in [0, 0.1) is 0 Å². The molecule has 0 heterocycles. The normalized spacial score (nSPS) is 10.9. The number of carbonyl (C=O) groups excluding carboxylic acids is 1. The molecule has 0 atom stereocenters. The number of aromatic hydroxyl groups is 1. The molecule has 0 saturated carbocycles. The molecule has 1 amide bonds. The number of carbonyl (C=O) groups is 1. The van der Waals surface area contributed by atoms with Crippen LogP contribution in [0.4, 0.5) is 0 Å². The third kappa shape index (κ3) is 5.27. The lowest BCUT2D eigenvalue weighted by Gasteiger charge is -2.05. The molecule has 0 aliphatic carbocycles. The Kier molecular flexibility index (Phi) is 6.61. The predicted octanol–water partition coefficient (Wildman–Crippen LogP) is 2.58. The predicted molar refractivity (Wildman–Crippen MR) is 99.0 cm³/mol. The zero-order valence-corrected chi connectivity index (χ0v) is 14.7. The quantitative estimate of drug-likeness (QED) is 0.452. The van der Waals surface area contributed by atoms with E-state index in [1.165, 1.54) is 25.5 Å².